The molecule has 0 aromatic heterocycles. The number of carbonyl (C=O) groups excluding carboxylic acids is 1. The van der Waals surface area contributed by atoms with Gasteiger partial charge in [0.1, 0.15) is 11.2 Å². The number of nitrogens with zero attached hydrogens (tertiary/aromatic N) is 1. The van der Waals surface area contributed by atoms with Crippen LogP contribution in [0.4, 0.5) is 4.39 Å². The number of hydrogen-bond acceptors (Lipinski definition) is 2. The molecule has 0 aliphatic heterocycles. The molecule has 0 spiro atoms. The molecule has 0 fully saturated rings. The van der Waals surface area contributed by atoms with Gasteiger partial charge in [-0.15, -0.1) is 11.6 Å². The van der Waals surface area contributed by atoms with Gasteiger partial charge in [0.25, 0.3) is 0 Å². The van der Waals surface area contributed by atoms with E-state index in [-0.39, 0.29) is 17.9 Å². The molecule has 0 bridgehead atoms. The van der Waals surface area contributed by atoms with Crippen molar-refractivity contribution in [2.24, 2.45) is 0 Å². The van der Waals surface area contributed by atoms with Gasteiger partial charge in [-0.3, -0.25) is 4.79 Å². The zero-order chi connectivity index (χ0) is 12.1. The van der Waals surface area contributed by atoms with Crippen LogP contribution in [0.25, 0.3) is 0 Å². The number of hydrogen-bond donors (Lipinski definition) is 1. The van der Waals surface area contributed by atoms with E-state index in [0.29, 0.717) is 5.56 Å². The van der Waals surface area contributed by atoms with Crippen LogP contribution in [0.15, 0.2) is 12.1 Å². The van der Waals surface area contributed by atoms with Crippen molar-refractivity contribution >= 4 is 17.5 Å². The van der Waals surface area contributed by atoms with Gasteiger partial charge in [0.2, 0.25) is 5.91 Å². The number of nitrogens with one attached hydrogen (secondary N) is 1. The molecule has 1 aromatic carbocycles. The fourth-order valence-electron chi connectivity index (χ4n) is 1.21. The van der Waals surface area contributed by atoms with Crippen molar-refractivity contribution in [1.82, 2.24) is 5.32 Å². The van der Waals surface area contributed by atoms with Gasteiger partial charge in [-0.05, 0) is 24.1 Å². The van der Waals surface area contributed by atoms with Gasteiger partial charge in [-0.25, -0.2) is 4.39 Å². The highest BCUT2D eigenvalue weighted by molar-refractivity contribution is 6.30. The van der Waals surface area contributed by atoms with E-state index in [9.17, 15) is 9.18 Å². The molecule has 0 aliphatic carbocycles. The molecule has 83 valence electrons. The Morgan fingerprint density at radius 1 is 1.81 bits per heavy atom. The summed E-state index contributed by atoms with van der Waals surface area (Å²) in [6, 6.07) is 6.59. The molecule has 1 atom stereocenters. The zero-order valence-corrected chi connectivity index (χ0v) is 9.31. The zero-order valence-electron chi connectivity index (χ0n) is 8.55. The Bertz CT molecular complexity index is 442. The smallest absolute Gasteiger partial charge is 0.238 e. The molecule has 0 saturated heterocycles. The Balaban J connectivity index is 2.90. The fraction of sp³-hybridized carbons (Fsp3) is 0.273. The number of nitriles is 1. The van der Waals surface area contributed by atoms with Crippen LogP contribution < -0.4 is 5.32 Å². The normalized spacial score (nSPS) is 11.6. The van der Waals surface area contributed by atoms with E-state index in [0.717, 1.165) is 6.07 Å². The van der Waals surface area contributed by atoms with E-state index in [1.165, 1.54) is 13.1 Å². The van der Waals surface area contributed by atoms with Crippen LogP contribution in [0.5, 0.6) is 0 Å². The summed E-state index contributed by atoms with van der Waals surface area (Å²) in [5.74, 6) is -0.943. The van der Waals surface area contributed by atoms with Crippen LogP contribution in [0, 0.1) is 23.2 Å². The van der Waals surface area contributed by atoms with Crippen molar-refractivity contribution < 1.29 is 9.18 Å². The summed E-state index contributed by atoms with van der Waals surface area (Å²) >= 11 is 5.81. The number of rotatable bonds is 3. The summed E-state index contributed by atoms with van der Waals surface area (Å²) in [5, 5.41) is 10.4. The fourth-order valence-corrected chi connectivity index (χ4v) is 1.49. The molecular weight excluding hydrogens is 231 g/mol. The Labute approximate surface area is 97.8 Å². The van der Waals surface area contributed by atoms with Crippen molar-refractivity contribution in [3.63, 3.8) is 0 Å². The molecule has 16 heavy (non-hydrogen) atoms. The van der Waals surface area contributed by atoms with E-state index in [2.05, 4.69) is 11.4 Å². The summed E-state index contributed by atoms with van der Waals surface area (Å²) in [6.07, 6.45) is 0.168. The molecule has 1 radical (unpaired) electrons. The minimum Gasteiger partial charge on any atom is -0.358 e. The van der Waals surface area contributed by atoms with Crippen molar-refractivity contribution in [2.45, 2.75) is 11.8 Å². The van der Waals surface area contributed by atoms with Crippen molar-refractivity contribution in [1.29, 1.82) is 5.26 Å². The number of amides is 1. The summed E-state index contributed by atoms with van der Waals surface area (Å²) in [4.78, 5) is 11.2. The average molecular weight is 240 g/mol. The summed E-state index contributed by atoms with van der Waals surface area (Å²) in [7, 11) is 1.47. The highest BCUT2D eigenvalue weighted by Gasteiger charge is 2.16. The average Bonchev–Trinajstić information content (AvgIpc) is 2.30. The Morgan fingerprint density at radius 3 is 3.06 bits per heavy atom. The van der Waals surface area contributed by atoms with E-state index < -0.39 is 11.2 Å². The van der Waals surface area contributed by atoms with Crippen molar-refractivity contribution in [3.8, 4) is 6.07 Å². The minimum atomic E-state index is -0.782. The monoisotopic (exact) mass is 239 g/mol. The Hall–Kier alpha value is -1.60. The summed E-state index contributed by atoms with van der Waals surface area (Å²) < 4.78 is 12.8. The van der Waals surface area contributed by atoms with Crippen LogP contribution >= 0.6 is 11.6 Å². The van der Waals surface area contributed by atoms with E-state index >= 15 is 0 Å². The number of alkyl halides is 1. The van der Waals surface area contributed by atoms with Gasteiger partial charge >= 0.3 is 0 Å². The lowest BCUT2D eigenvalue weighted by atomic mass is 10.0. The quantitative estimate of drug-likeness (QED) is 0.811. The maximum absolute atomic E-state index is 12.8. The molecule has 0 aliphatic rings. The third-order valence-corrected chi connectivity index (χ3v) is 2.40. The first kappa shape index (κ1) is 12.5. The molecule has 1 unspecified atom stereocenters. The second-order valence-corrected chi connectivity index (χ2v) is 3.64. The van der Waals surface area contributed by atoms with E-state index in [4.69, 9.17) is 16.9 Å². The Morgan fingerprint density at radius 2 is 2.50 bits per heavy atom. The van der Waals surface area contributed by atoms with Crippen molar-refractivity contribution in [3.05, 3.63) is 35.1 Å². The molecule has 0 heterocycles. The Kier molecular flexibility index (Phi) is 4.27. The van der Waals surface area contributed by atoms with Gasteiger partial charge < -0.3 is 5.32 Å². The SMILES string of the molecule is CNC(=O)C(Cl)Cc1c[c]c(F)cc1C#N. The largest absolute Gasteiger partial charge is 0.358 e. The molecule has 1 N–H and O–H groups in total. The third kappa shape index (κ3) is 2.94. The predicted molar refractivity (Wildman–Crippen MR) is 57.4 cm³/mol. The van der Waals surface area contributed by atoms with Gasteiger partial charge in [-0.2, -0.15) is 5.26 Å². The number of halogens is 2. The van der Waals surface area contributed by atoms with Gasteiger partial charge in [0.05, 0.1) is 11.6 Å². The summed E-state index contributed by atoms with van der Waals surface area (Å²) in [6.45, 7) is 0. The first-order valence-electron chi connectivity index (χ1n) is 4.54. The molecular formula is C11H9ClFN2O. The standard InChI is InChI=1S/C11H9ClFN2O/c1-15-11(16)10(12)5-7-2-3-9(13)4-8(7)6-14/h2,4,10H,5H2,1H3,(H,15,16). The van der Waals surface area contributed by atoms with Gasteiger partial charge in [0.15, 0.2) is 0 Å². The van der Waals surface area contributed by atoms with Crippen LogP contribution in [-0.4, -0.2) is 18.3 Å². The second kappa shape index (κ2) is 5.47. The number of benzene rings is 1. The third-order valence-electron chi connectivity index (χ3n) is 2.05. The topological polar surface area (TPSA) is 52.9 Å². The molecule has 0 saturated carbocycles. The highest BCUT2D eigenvalue weighted by Crippen LogP contribution is 2.14. The second-order valence-electron chi connectivity index (χ2n) is 3.12. The van der Waals surface area contributed by atoms with E-state index in [1.54, 1.807) is 0 Å². The van der Waals surface area contributed by atoms with Gasteiger partial charge in [-0.1, -0.05) is 0 Å². The molecule has 1 amide bonds. The molecule has 1 aromatic rings. The summed E-state index contributed by atoms with van der Waals surface area (Å²) in [5.41, 5.74) is 0.679. The molecule has 5 heteroatoms. The number of carbonyl (C=O) groups is 1. The lowest BCUT2D eigenvalue weighted by Crippen LogP contribution is -2.29. The van der Waals surface area contributed by atoms with Crippen LogP contribution in [0.3, 0.4) is 0 Å². The van der Waals surface area contributed by atoms with Crippen LogP contribution in [0.1, 0.15) is 11.1 Å². The highest BCUT2D eigenvalue weighted by atomic mass is 35.5. The van der Waals surface area contributed by atoms with Crippen LogP contribution in [-0.2, 0) is 11.2 Å². The van der Waals surface area contributed by atoms with Crippen LogP contribution in [0.2, 0.25) is 0 Å². The first-order chi connectivity index (χ1) is 7.58. The molecule has 1 rings (SSSR count). The lowest BCUT2D eigenvalue weighted by Gasteiger charge is -2.08. The first-order valence-corrected chi connectivity index (χ1v) is 4.98. The minimum absolute atomic E-state index is 0.168. The van der Waals surface area contributed by atoms with Crippen molar-refractivity contribution in [2.75, 3.05) is 7.05 Å². The lowest BCUT2D eigenvalue weighted by molar-refractivity contribution is -0.120. The molecule has 3 nitrogen and oxygen atoms in total. The maximum atomic E-state index is 12.8. The van der Waals surface area contributed by atoms with E-state index in [1.807, 2.05) is 6.07 Å². The predicted octanol–water partition coefficient (Wildman–Crippen LogP) is 1.39. The maximum Gasteiger partial charge on any atom is 0.238 e. The van der Waals surface area contributed by atoms with Gasteiger partial charge in [0, 0.05) is 13.1 Å².